The number of hydrogen-bond acceptors (Lipinski definition) is 3. The number of amides is 2. The Balaban J connectivity index is 4.27. The van der Waals surface area contributed by atoms with E-state index in [1.807, 2.05) is 13.8 Å². The van der Waals surface area contributed by atoms with E-state index in [-0.39, 0.29) is 6.10 Å². The fourth-order valence-corrected chi connectivity index (χ4v) is 1.34. The van der Waals surface area contributed by atoms with Crippen LogP contribution in [0.15, 0.2) is 0 Å². The van der Waals surface area contributed by atoms with Crippen LogP contribution in [0.2, 0.25) is 0 Å². The van der Waals surface area contributed by atoms with E-state index in [4.69, 9.17) is 9.84 Å². The first-order valence-electron chi connectivity index (χ1n) is 5.68. The molecular formula is C11H22N2O4. The Labute approximate surface area is 102 Å². The van der Waals surface area contributed by atoms with Crippen molar-refractivity contribution in [3.63, 3.8) is 0 Å². The van der Waals surface area contributed by atoms with Gasteiger partial charge in [0.2, 0.25) is 0 Å². The molecular weight excluding hydrogens is 224 g/mol. The van der Waals surface area contributed by atoms with Gasteiger partial charge in [-0.25, -0.2) is 9.59 Å². The monoisotopic (exact) mass is 246 g/mol. The van der Waals surface area contributed by atoms with E-state index < -0.39 is 17.5 Å². The largest absolute Gasteiger partial charge is 0.480 e. The van der Waals surface area contributed by atoms with Crippen LogP contribution in [0.5, 0.6) is 0 Å². The molecule has 100 valence electrons. The van der Waals surface area contributed by atoms with Gasteiger partial charge >= 0.3 is 12.0 Å². The van der Waals surface area contributed by atoms with Crippen LogP contribution >= 0.6 is 0 Å². The summed E-state index contributed by atoms with van der Waals surface area (Å²) in [5, 5.41) is 14.1. The Morgan fingerprint density at radius 1 is 1.47 bits per heavy atom. The topological polar surface area (TPSA) is 87.7 Å². The number of carboxylic acids is 1. The molecule has 0 aromatic rings. The molecule has 0 aliphatic heterocycles. The van der Waals surface area contributed by atoms with Gasteiger partial charge in [0.15, 0.2) is 0 Å². The molecule has 0 radical (unpaired) electrons. The standard InChI is InChI=1S/C11H22N2O4/c1-5-6-11(3,9(14)15)13-10(16)12-7-8(2)17-4/h8H,5-7H2,1-4H3,(H,14,15)(H2,12,13,16). The molecule has 2 unspecified atom stereocenters. The Bertz CT molecular complexity index is 270. The van der Waals surface area contributed by atoms with Crippen molar-refractivity contribution in [2.24, 2.45) is 0 Å². The van der Waals surface area contributed by atoms with Crippen LogP contribution in [0, 0.1) is 0 Å². The van der Waals surface area contributed by atoms with Crippen molar-refractivity contribution in [3.05, 3.63) is 0 Å². The number of carbonyl (C=O) groups excluding carboxylic acids is 1. The SMILES string of the molecule is CCCC(C)(NC(=O)NCC(C)OC)C(=O)O. The molecule has 2 amide bonds. The number of urea groups is 1. The second-order valence-electron chi connectivity index (χ2n) is 4.27. The molecule has 0 spiro atoms. The summed E-state index contributed by atoms with van der Waals surface area (Å²) in [5.41, 5.74) is -1.23. The van der Waals surface area contributed by atoms with E-state index in [1.54, 1.807) is 7.11 Å². The maximum absolute atomic E-state index is 11.5. The van der Waals surface area contributed by atoms with Crippen LogP contribution in [-0.4, -0.2) is 42.4 Å². The third kappa shape index (κ3) is 5.53. The van der Waals surface area contributed by atoms with Gasteiger partial charge < -0.3 is 20.5 Å². The van der Waals surface area contributed by atoms with E-state index in [2.05, 4.69) is 10.6 Å². The molecule has 0 aliphatic rings. The van der Waals surface area contributed by atoms with E-state index in [9.17, 15) is 9.59 Å². The quantitative estimate of drug-likeness (QED) is 0.624. The van der Waals surface area contributed by atoms with Crippen molar-refractivity contribution in [2.45, 2.75) is 45.3 Å². The van der Waals surface area contributed by atoms with Crippen LogP contribution < -0.4 is 10.6 Å². The van der Waals surface area contributed by atoms with E-state index in [0.29, 0.717) is 19.4 Å². The molecule has 0 saturated carbocycles. The van der Waals surface area contributed by atoms with Gasteiger partial charge in [0.05, 0.1) is 6.10 Å². The Hall–Kier alpha value is -1.30. The zero-order chi connectivity index (χ0) is 13.5. The van der Waals surface area contributed by atoms with Gasteiger partial charge in [-0.2, -0.15) is 0 Å². The highest BCUT2D eigenvalue weighted by Crippen LogP contribution is 2.12. The first kappa shape index (κ1) is 15.7. The van der Waals surface area contributed by atoms with Crippen LogP contribution in [0.25, 0.3) is 0 Å². The molecule has 6 nitrogen and oxygen atoms in total. The minimum Gasteiger partial charge on any atom is -0.480 e. The number of carboxylic acid groups (broad SMARTS) is 1. The lowest BCUT2D eigenvalue weighted by Gasteiger charge is -2.26. The smallest absolute Gasteiger partial charge is 0.329 e. The Morgan fingerprint density at radius 3 is 2.47 bits per heavy atom. The summed E-state index contributed by atoms with van der Waals surface area (Å²) in [6.45, 7) is 5.51. The van der Waals surface area contributed by atoms with Crippen molar-refractivity contribution in [1.82, 2.24) is 10.6 Å². The van der Waals surface area contributed by atoms with Crippen LogP contribution in [0.4, 0.5) is 4.79 Å². The van der Waals surface area contributed by atoms with Crippen molar-refractivity contribution in [2.75, 3.05) is 13.7 Å². The number of rotatable bonds is 7. The van der Waals surface area contributed by atoms with Gasteiger partial charge in [0.1, 0.15) is 5.54 Å². The zero-order valence-corrected chi connectivity index (χ0v) is 10.9. The highest BCUT2D eigenvalue weighted by Gasteiger charge is 2.33. The minimum atomic E-state index is -1.23. The summed E-state index contributed by atoms with van der Waals surface area (Å²) >= 11 is 0. The van der Waals surface area contributed by atoms with E-state index in [1.165, 1.54) is 6.92 Å². The van der Waals surface area contributed by atoms with Gasteiger partial charge in [-0.05, 0) is 20.3 Å². The van der Waals surface area contributed by atoms with Gasteiger partial charge in [-0.1, -0.05) is 13.3 Å². The number of carbonyl (C=O) groups is 2. The third-order valence-electron chi connectivity index (χ3n) is 2.56. The van der Waals surface area contributed by atoms with Crippen LogP contribution in [-0.2, 0) is 9.53 Å². The van der Waals surface area contributed by atoms with Gasteiger partial charge in [0.25, 0.3) is 0 Å². The number of ether oxygens (including phenoxy) is 1. The predicted octanol–water partition coefficient (Wildman–Crippen LogP) is 0.964. The normalized spacial score (nSPS) is 15.8. The van der Waals surface area contributed by atoms with Gasteiger partial charge in [-0.15, -0.1) is 0 Å². The van der Waals surface area contributed by atoms with Crippen molar-refractivity contribution >= 4 is 12.0 Å². The second kappa shape index (κ2) is 7.11. The lowest BCUT2D eigenvalue weighted by Crippen LogP contribution is -2.55. The van der Waals surface area contributed by atoms with Crippen LogP contribution in [0.3, 0.4) is 0 Å². The average Bonchev–Trinajstić information content (AvgIpc) is 2.25. The Morgan fingerprint density at radius 2 is 2.06 bits per heavy atom. The highest BCUT2D eigenvalue weighted by molar-refractivity contribution is 5.85. The molecule has 2 atom stereocenters. The maximum atomic E-state index is 11.5. The van der Waals surface area contributed by atoms with Crippen LogP contribution in [0.1, 0.15) is 33.6 Å². The summed E-state index contributed by atoms with van der Waals surface area (Å²) in [6.07, 6.45) is 0.954. The summed E-state index contributed by atoms with van der Waals surface area (Å²) in [4.78, 5) is 22.6. The minimum absolute atomic E-state index is 0.108. The number of aliphatic carboxylic acids is 1. The summed E-state index contributed by atoms with van der Waals surface area (Å²) < 4.78 is 4.97. The maximum Gasteiger partial charge on any atom is 0.329 e. The molecule has 6 heteroatoms. The van der Waals surface area contributed by atoms with Crippen molar-refractivity contribution in [3.8, 4) is 0 Å². The predicted molar refractivity (Wildman–Crippen MR) is 64.0 cm³/mol. The molecule has 0 heterocycles. The summed E-state index contributed by atoms with van der Waals surface area (Å²) in [7, 11) is 1.54. The molecule has 0 fully saturated rings. The molecule has 0 saturated heterocycles. The molecule has 0 aromatic carbocycles. The second-order valence-corrected chi connectivity index (χ2v) is 4.27. The molecule has 3 N–H and O–H groups in total. The third-order valence-corrected chi connectivity index (χ3v) is 2.56. The zero-order valence-electron chi connectivity index (χ0n) is 10.9. The fraction of sp³-hybridized carbons (Fsp3) is 0.818. The van der Waals surface area contributed by atoms with E-state index in [0.717, 1.165) is 0 Å². The van der Waals surface area contributed by atoms with Crippen molar-refractivity contribution in [1.29, 1.82) is 0 Å². The molecule has 0 aliphatic carbocycles. The number of methoxy groups -OCH3 is 1. The van der Waals surface area contributed by atoms with E-state index >= 15 is 0 Å². The first-order valence-corrected chi connectivity index (χ1v) is 5.68. The van der Waals surface area contributed by atoms with Gasteiger partial charge in [0, 0.05) is 13.7 Å². The summed E-state index contributed by atoms with van der Waals surface area (Å²) in [6, 6.07) is -0.493. The number of nitrogens with one attached hydrogen (secondary N) is 2. The number of hydrogen-bond donors (Lipinski definition) is 3. The molecule has 17 heavy (non-hydrogen) atoms. The lowest BCUT2D eigenvalue weighted by atomic mass is 9.97. The summed E-state index contributed by atoms with van der Waals surface area (Å²) in [5.74, 6) is -1.03. The van der Waals surface area contributed by atoms with Crippen molar-refractivity contribution < 1.29 is 19.4 Å². The fourth-order valence-electron chi connectivity index (χ4n) is 1.34. The lowest BCUT2D eigenvalue weighted by molar-refractivity contribution is -0.144. The Kier molecular flexibility index (Phi) is 6.57. The first-order chi connectivity index (χ1) is 7.85. The molecule has 0 bridgehead atoms. The van der Waals surface area contributed by atoms with Gasteiger partial charge in [-0.3, -0.25) is 0 Å². The molecule has 0 aromatic heterocycles. The molecule has 0 rings (SSSR count). The average molecular weight is 246 g/mol. The highest BCUT2D eigenvalue weighted by atomic mass is 16.5.